The molecule has 0 nitrogen and oxygen atoms in total. The van der Waals surface area contributed by atoms with Crippen molar-refractivity contribution in [3.63, 3.8) is 0 Å². The minimum atomic E-state index is 0.0701. The van der Waals surface area contributed by atoms with Crippen LogP contribution in [0.15, 0.2) is 18.2 Å². The second-order valence-electron chi connectivity index (χ2n) is 2.99. The molecule has 0 saturated carbocycles. The first-order valence-electron chi connectivity index (χ1n) is 3.58. The third-order valence-electron chi connectivity index (χ3n) is 2.14. The molecule has 0 atom stereocenters. The van der Waals surface area contributed by atoms with E-state index in [4.69, 9.17) is 0 Å². The third-order valence-corrected chi connectivity index (χ3v) is 3.49. The third kappa shape index (κ3) is 1.07. The normalized spacial score (nSPS) is 18.8. The van der Waals surface area contributed by atoms with Gasteiger partial charge in [0.1, 0.15) is 3.23 Å². The van der Waals surface area contributed by atoms with Crippen LogP contribution in [0.4, 0.5) is 0 Å². The van der Waals surface area contributed by atoms with Crippen molar-refractivity contribution in [1.29, 1.82) is 0 Å². The molecule has 0 heterocycles. The Balaban J connectivity index is 2.60. The highest BCUT2D eigenvalue weighted by molar-refractivity contribution is 9.24. The topological polar surface area (TPSA) is 0 Å². The predicted octanol–water partition coefficient (Wildman–Crippen LogP) is 3.49. The maximum Gasteiger partial charge on any atom is 0.110 e. The number of hydrogen-bond donors (Lipinski definition) is 0. The van der Waals surface area contributed by atoms with Gasteiger partial charge in [-0.3, -0.25) is 0 Å². The molecule has 0 radical (unpaired) electrons. The van der Waals surface area contributed by atoms with Crippen LogP contribution in [0.2, 0.25) is 0 Å². The molecular weight excluding hydrogens is 268 g/mol. The van der Waals surface area contributed by atoms with Gasteiger partial charge in [0.2, 0.25) is 0 Å². The molecule has 0 aromatic heterocycles. The van der Waals surface area contributed by atoms with Crippen LogP contribution >= 0.6 is 31.9 Å². The molecule has 1 aliphatic carbocycles. The molecule has 2 rings (SSSR count). The summed E-state index contributed by atoms with van der Waals surface area (Å²) in [5, 5.41) is 0. The summed E-state index contributed by atoms with van der Waals surface area (Å²) >= 11 is 7.26. The number of alkyl halides is 2. The molecule has 0 bridgehead atoms. The van der Waals surface area contributed by atoms with Gasteiger partial charge in [0.15, 0.2) is 0 Å². The average Bonchev–Trinajstić information content (AvgIpc) is 1.84. The molecule has 0 spiro atoms. The van der Waals surface area contributed by atoms with E-state index in [0.717, 1.165) is 6.42 Å². The SMILES string of the molecule is Cc1cccc2c1C(Br)(Br)C2. The van der Waals surface area contributed by atoms with Gasteiger partial charge in [-0.25, -0.2) is 0 Å². The van der Waals surface area contributed by atoms with Crippen LogP contribution in [0.3, 0.4) is 0 Å². The van der Waals surface area contributed by atoms with E-state index in [0.29, 0.717) is 0 Å². The standard InChI is InChI=1S/C9H8Br2/c1-6-3-2-4-7-5-9(10,11)8(6)7/h2-4H,5H2,1H3. The zero-order valence-electron chi connectivity index (χ0n) is 6.20. The maximum atomic E-state index is 3.63. The first-order chi connectivity index (χ1) is 5.11. The van der Waals surface area contributed by atoms with Gasteiger partial charge in [-0.1, -0.05) is 50.1 Å². The first-order valence-corrected chi connectivity index (χ1v) is 5.17. The number of rotatable bonds is 0. The van der Waals surface area contributed by atoms with Crippen LogP contribution in [-0.4, -0.2) is 0 Å². The average molecular weight is 276 g/mol. The molecule has 1 aliphatic rings. The van der Waals surface area contributed by atoms with Gasteiger partial charge in [0.05, 0.1) is 0 Å². The summed E-state index contributed by atoms with van der Waals surface area (Å²) in [6.07, 6.45) is 1.09. The van der Waals surface area contributed by atoms with E-state index < -0.39 is 0 Å². The van der Waals surface area contributed by atoms with E-state index in [2.05, 4.69) is 57.0 Å². The van der Waals surface area contributed by atoms with Gasteiger partial charge in [-0.15, -0.1) is 0 Å². The lowest BCUT2D eigenvalue weighted by Gasteiger charge is -2.35. The molecule has 1 aromatic rings. The van der Waals surface area contributed by atoms with Crippen LogP contribution in [0, 0.1) is 6.92 Å². The summed E-state index contributed by atoms with van der Waals surface area (Å²) in [7, 11) is 0. The second kappa shape index (κ2) is 2.33. The van der Waals surface area contributed by atoms with Crippen LogP contribution in [0.5, 0.6) is 0 Å². The molecule has 0 amide bonds. The Morgan fingerprint density at radius 1 is 1.36 bits per heavy atom. The lowest BCUT2D eigenvalue weighted by atomic mass is 9.85. The molecule has 0 saturated heterocycles. The molecule has 2 heteroatoms. The van der Waals surface area contributed by atoms with Crippen molar-refractivity contribution in [3.8, 4) is 0 Å². The largest absolute Gasteiger partial charge is 0.110 e. The van der Waals surface area contributed by atoms with E-state index in [9.17, 15) is 0 Å². The van der Waals surface area contributed by atoms with Crippen LogP contribution in [-0.2, 0) is 9.65 Å². The summed E-state index contributed by atoms with van der Waals surface area (Å²) in [4.78, 5) is 0. The van der Waals surface area contributed by atoms with Crippen molar-refractivity contribution < 1.29 is 0 Å². The molecule has 0 unspecified atom stereocenters. The van der Waals surface area contributed by atoms with Crippen molar-refractivity contribution >= 4 is 31.9 Å². The zero-order valence-corrected chi connectivity index (χ0v) is 9.37. The molecule has 0 fully saturated rings. The van der Waals surface area contributed by atoms with Crippen molar-refractivity contribution in [3.05, 3.63) is 34.9 Å². The van der Waals surface area contributed by atoms with Gasteiger partial charge in [0.25, 0.3) is 0 Å². The van der Waals surface area contributed by atoms with E-state index in [1.165, 1.54) is 16.7 Å². The first kappa shape index (κ1) is 7.81. The van der Waals surface area contributed by atoms with E-state index in [1.54, 1.807) is 0 Å². The minimum Gasteiger partial charge on any atom is -0.0670 e. The summed E-state index contributed by atoms with van der Waals surface area (Å²) < 4.78 is 0.0701. The summed E-state index contributed by atoms with van der Waals surface area (Å²) in [6, 6.07) is 6.45. The highest BCUT2D eigenvalue weighted by atomic mass is 79.9. The second-order valence-corrected chi connectivity index (χ2v) is 6.76. The minimum absolute atomic E-state index is 0.0701. The van der Waals surface area contributed by atoms with E-state index in [1.807, 2.05) is 0 Å². The fourth-order valence-corrected chi connectivity index (χ4v) is 3.36. The summed E-state index contributed by atoms with van der Waals surface area (Å²) in [6.45, 7) is 2.15. The van der Waals surface area contributed by atoms with Gasteiger partial charge in [0, 0.05) is 6.42 Å². The van der Waals surface area contributed by atoms with Gasteiger partial charge >= 0.3 is 0 Å². The van der Waals surface area contributed by atoms with E-state index >= 15 is 0 Å². The number of hydrogen-bond acceptors (Lipinski definition) is 0. The van der Waals surface area contributed by atoms with Crippen LogP contribution in [0.1, 0.15) is 16.7 Å². The Bertz CT molecular complexity index is 288. The van der Waals surface area contributed by atoms with Crippen LogP contribution < -0.4 is 0 Å². The Morgan fingerprint density at radius 2 is 2.09 bits per heavy atom. The van der Waals surface area contributed by atoms with Crippen LogP contribution in [0.25, 0.3) is 0 Å². The molecule has 0 N–H and O–H groups in total. The lowest BCUT2D eigenvalue weighted by Crippen LogP contribution is -2.27. The smallest absolute Gasteiger partial charge is 0.0670 e. The summed E-state index contributed by atoms with van der Waals surface area (Å²) in [5.74, 6) is 0. The van der Waals surface area contributed by atoms with Gasteiger partial charge < -0.3 is 0 Å². The Morgan fingerprint density at radius 3 is 2.55 bits per heavy atom. The van der Waals surface area contributed by atoms with Gasteiger partial charge in [-0.2, -0.15) is 0 Å². The van der Waals surface area contributed by atoms with Crippen molar-refractivity contribution in [2.24, 2.45) is 0 Å². The quantitative estimate of drug-likeness (QED) is 0.636. The maximum absolute atomic E-state index is 3.63. The zero-order chi connectivity index (χ0) is 8.06. The number of benzene rings is 1. The van der Waals surface area contributed by atoms with Crippen molar-refractivity contribution in [2.45, 2.75) is 16.6 Å². The van der Waals surface area contributed by atoms with E-state index in [-0.39, 0.29) is 3.23 Å². The monoisotopic (exact) mass is 274 g/mol. The fourth-order valence-electron chi connectivity index (χ4n) is 1.62. The fraction of sp³-hybridized carbons (Fsp3) is 0.333. The van der Waals surface area contributed by atoms with Crippen molar-refractivity contribution in [1.82, 2.24) is 0 Å². The molecule has 0 aliphatic heterocycles. The number of fused-ring (bicyclic) bond motifs is 1. The highest BCUT2D eigenvalue weighted by Crippen LogP contribution is 2.52. The number of aryl methyl sites for hydroxylation is 1. The predicted molar refractivity (Wildman–Crippen MR) is 54.4 cm³/mol. The Hall–Kier alpha value is 0.180. The Labute approximate surface area is 83.3 Å². The lowest BCUT2D eigenvalue weighted by molar-refractivity contribution is 0.774. The molecule has 58 valence electrons. The summed E-state index contributed by atoms with van der Waals surface area (Å²) in [5.41, 5.74) is 4.24. The van der Waals surface area contributed by atoms with Crippen molar-refractivity contribution in [2.75, 3.05) is 0 Å². The Kier molecular flexibility index (Phi) is 1.66. The van der Waals surface area contributed by atoms with Gasteiger partial charge in [-0.05, 0) is 23.6 Å². The molecular formula is C9H8Br2. The molecule has 1 aromatic carbocycles. The number of halogens is 2. The highest BCUT2D eigenvalue weighted by Gasteiger charge is 2.38. The molecule has 11 heavy (non-hydrogen) atoms.